The lowest BCUT2D eigenvalue weighted by molar-refractivity contribution is 0.168. The summed E-state index contributed by atoms with van der Waals surface area (Å²) < 4.78 is 0. The molecule has 2 aromatic rings. The van der Waals surface area contributed by atoms with Gasteiger partial charge in [-0.2, -0.15) is 11.3 Å². The van der Waals surface area contributed by atoms with Crippen molar-refractivity contribution in [3.8, 4) is 0 Å². The van der Waals surface area contributed by atoms with Crippen molar-refractivity contribution >= 4 is 17.0 Å². The van der Waals surface area contributed by atoms with Crippen LogP contribution in [0, 0.1) is 0 Å². The molecule has 0 saturated heterocycles. The van der Waals surface area contributed by atoms with Gasteiger partial charge in [0.25, 0.3) is 0 Å². The Labute approximate surface area is 99.4 Å². The van der Waals surface area contributed by atoms with Crippen LogP contribution in [0.5, 0.6) is 0 Å². The van der Waals surface area contributed by atoms with Crippen molar-refractivity contribution in [1.29, 1.82) is 0 Å². The summed E-state index contributed by atoms with van der Waals surface area (Å²) in [5.41, 5.74) is 8.56. The fourth-order valence-electron chi connectivity index (χ4n) is 1.67. The Morgan fingerprint density at radius 1 is 1.31 bits per heavy atom. The molecule has 0 amide bonds. The number of aliphatic hydroxyl groups is 1. The van der Waals surface area contributed by atoms with E-state index in [0.717, 1.165) is 18.4 Å². The number of nitrogens with two attached hydrogens (primary N) is 1. The first-order chi connectivity index (χ1) is 7.75. The van der Waals surface area contributed by atoms with Gasteiger partial charge in [0.05, 0.1) is 6.10 Å². The van der Waals surface area contributed by atoms with Gasteiger partial charge in [0.15, 0.2) is 0 Å². The minimum Gasteiger partial charge on any atom is -0.399 e. The van der Waals surface area contributed by atoms with Crippen molar-refractivity contribution in [3.05, 3.63) is 52.2 Å². The molecular weight excluding hydrogens is 218 g/mol. The Hall–Kier alpha value is -1.32. The third-order valence-electron chi connectivity index (χ3n) is 2.58. The molecule has 0 spiro atoms. The predicted molar refractivity (Wildman–Crippen MR) is 68.5 cm³/mol. The average molecular weight is 233 g/mol. The minimum atomic E-state index is -0.427. The maximum Gasteiger partial charge on any atom is 0.0794 e. The second-order valence-corrected chi connectivity index (χ2v) is 4.64. The summed E-state index contributed by atoms with van der Waals surface area (Å²) in [4.78, 5) is 0. The molecular formula is C13H15NOS. The molecule has 84 valence electrons. The van der Waals surface area contributed by atoms with E-state index in [9.17, 15) is 5.11 Å². The van der Waals surface area contributed by atoms with Crippen LogP contribution in [-0.4, -0.2) is 5.11 Å². The Morgan fingerprint density at radius 2 is 2.19 bits per heavy atom. The first-order valence-electron chi connectivity index (χ1n) is 5.30. The molecule has 3 heteroatoms. The predicted octanol–water partition coefficient (Wildman–Crippen LogP) is 3.00. The summed E-state index contributed by atoms with van der Waals surface area (Å²) in [5, 5.41) is 14.2. The summed E-state index contributed by atoms with van der Waals surface area (Å²) >= 11 is 1.69. The molecule has 3 N–H and O–H groups in total. The van der Waals surface area contributed by atoms with E-state index in [1.54, 1.807) is 11.3 Å². The monoisotopic (exact) mass is 233 g/mol. The molecule has 0 aliphatic rings. The van der Waals surface area contributed by atoms with Crippen LogP contribution in [0.15, 0.2) is 41.1 Å². The van der Waals surface area contributed by atoms with Crippen molar-refractivity contribution in [1.82, 2.24) is 0 Å². The fourth-order valence-corrected chi connectivity index (χ4v) is 2.37. The molecule has 2 nitrogen and oxygen atoms in total. The number of nitrogen functional groups attached to an aromatic ring is 1. The number of anilines is 1. The summed E-state index contributed by atoms with van der Waals surface area (Å²) in [5.74, 6) is 0. The van der Waals surface area contributed by atoms with Crippen molar-refractivity contribution in [2.24, 2.45) is 0 Å². The van der Waals surface area contributed by atoms with Gasteiger partial charge in [-0.1, -0.05) is 12.1 Å². The van der Waals surface area contributed by atoms with Gasteiger partial charge in [0, 0.05) is 5.69 Å². The van der Waals surface area contributed by atoms with Crippen molar-refractivity contribution in [2.45, 2.75) is 18.9 Å². The Morgan fingerprint density at radius 3 is 2.88 bits per heavy atom. The number of hydrogen-bond acceptors (Lipinski definition) is 3. The molecule has 2 rings (SSSR count). The van der Waals surface area contributed by atoms with E-state index in [0.29, 0.717) is 5.69 Å². The molecule has 0 aliphatic heterocycles. The zero-order chi connectivity index (χ0) is 11.4. The molecule has 1 unspecified atom stereocenters. The summed E-state index contributed by atoms with van der Waals surface area (Å²) in [6.07, 6.45) is 1.21. The zero-order valence-corrected chi connectivity index (χ0v) is 9.78. The number of hydrogen-bond donors (Lipinski definition) is 2. The van der Waals surface area contributed by atoms with Gasteiger partial charge in [0.2, 0.25) is 0 Å². The molecule has 1 aromatic heterocycles. The van der Waals surface area contributed by atoms with E-state index in [1.807, 2.05) is 24.3 Å². The van der Waals surface area contributed by atoms with Crippen LogP contribution in [0.2, 0.25) is 0 Å². The Balaban J connectivity index is 1.95. The maximum atomic E-state index is 9.99. The lowest BCUT2D eigenvalue weighted by Crippen LogP contribution is -2.00. The van der Waals surface area contributed by atoms with Gasteiger partial charge in [0.1, 0.15) is 0 Å². The van der Waals surface area contributed by atoms with E-state index < -0.39 is 6.10 Å². The molecule has 1 atom stereocenters. The molecule has 1 heterocycles. The van der Waals surface area contributed by atoms with Crippen LogP contribution in [0.25, 0.3) is 0 Å². The largest absolute Gasteiger partial charge is 0.399 e. The SMILES string of the molecule is Nc1cccc(C(O)CCc2ccsc2)c1. The second kappa shape index (κ2) is 5.14. The van der Waals surface area contributed by atoms with Gasteiger partial charge >= 0.3 is 0 Å². The highest BCUT2D eigenvalue weighted by molar-refractivity contribution is 7.07. The van der Waals surface area contributed by atoms with E-state index in [1.165, 1.54) is 5.56 Å². The minimum absolute atomic E-state index is 0.427. The van der Waals surface area contributed by atoms with Crippen molar-refractivity contribution in [2.75, 3.05) is 5.73 Å². The number of benzene rings is 1. The van der Waals surface area contributed by atoms with Crippen molar-refractivity contribution in [3.63, 3.8) is 0 Å². The third kappa shape index (κ3) is 2.84. The molecule has 0 saturated carbocycles. The van der Waals surface area contributed by atoms with Crippen LogP contribution in [-0.2, 0) is 6.42 Å². The Bertz CT molecular complexity index is 439. The molecule has 16 heavy (non-hydrogen) atoms. The zero-order valence-electron chi connectivity index (χ0n) is 8.97. The van der Waals surface area contributed by atoms with E-state index in [-0.39, 0.29) is 0 Å². The lowest BCUT2D eigenvalue weighted by atomic mass is 10.0. The molecule has 0 fully saturated rings. The van der Waals surface area contributed by atoms with Gasteiger partial charge in [-0.15, -0.1) is 0 Å². The average Bonchev–Trinajstić information content (AvgIpc) is 2.78. The normalized spacial score (nSPS) is 12.6. The van der Waals surface area contributed by atoms with Gasteiger partial charge < -0.3 is 10.8 Å². The van der Waals surface area contributed by atoms with E-state index in [4.69, 9.17) is 5.73 Å². The van der Waals surface area contributed by atoms with Crippen LogP contribution in [0.1, 0.15) is 23.7 Å². The second-order valence-electron chi connectivity index (χ2n) is 3.86. The topological polar surface area (TPSA) is 46.2 Å². The number of aryl methyl sites for hydroxylation is 1. The quantitative estimate of drug-likeness (QED) is 0.797. The smallest absolute Gasteiger partial charge is 0.0794 e. The summed E-state index contributed by atoms with van der Waals surface area (Å²) in [6.45, 7) is 0. The third-order valence-corrected chi connectivity index (χ3v) is 3.31. The van der Waals surface area contributed by atoms with Crippen molar-refractivity contribution < 1.29 is 5.11 Å². The number of aliphatic hydroxyl groups excluding tert-OH is 1. The molecule has 1 aromatic carbocycles. The fraction of sp³-hybridized carbons (Fsp3) is 0.231. The highest BCUT2D eigenvalue weighted by atomic mass is 32.1. The van der Waals surface area contributed by atoms with E-state index >= 15 is 0 Å². The van der Waals surface area contributed by atoms with E-state index in [2.05, 4.69) is 16.8 Å². The number of thiophene rings is 1. The van der Waals surface area contributed by atoms with Crippen LogP contribution < -0.4 is 5.73 Å². The first kappa shape index (κ1) is 11.2. The molecule has 0 bridgehead atoms. The standard InChI is InChI=1S/C13H15NOS/c14-12-3-1-2-11(8-12)13(15)5-4-10-6-7-16-9-10/h1-3,6-9,13,15H,4-5,14H2. The van der Waals surface area contributed by atoms with Gasteiger partial charge in [-0.3, -0.25) is 0 Å². The van der Waals surface area contributed by atoms with Gasteiger partial charge in [-0.25, -0.2) is 0 Å². The highest BCUT2D eigenvalue weighted by Gasteiger charge is 2.07. The first-order valence-corrected chi connectivity index (χ1v) is 6.24. The van der Waals surface area contributed by atoms with Crippen LogP contribution >= 0.6 is 11.3 Å². The highest BCUT2D eigenvalue weighted by Crippen LogP contribution is 2.21. The Kier molecular flexibility index (Phi) is 3.59. The summed E-state index contributed by atoms with van der Waals surface area (Å²) in [7, 11) is 0. The van der Waals surface area contributed by atoms with Crippen LogP contribution in [0.3, 0.4) is 0 Å². The van der Waals surface area contributed by atoms with Gasteiger partial charge in [-0.05, 0) is 52.9 Å². The molecule has 0 aliphatic carbocycles. The number of rotatable bonds is 4. The lowest BCUT2D eigenvalue weighted by Gasteiger charge is -2.10. The van der Waals surface area contributed by atoms with Crippen LogP contribution in [0.4, 0.5) is 5.69 Å². The summed E-state index contributed by atoms with van der Waals surface area (Å²) in [6, 6.07) is 9.54. The maximum absolute atomic E-state index is 9.99. The molecule has 0 radical (unpaired) electrons.